The molecule has 0 spiro atoms. The fraction of sp³-hybridized carbons (Fsp3) is 0. The van der Waals surface area contributed by atoms with Crippen LogP contribution in [0.2, 0.25) is 0 Å². The van der Waals surface area contributed by atoms with Crippen LogP contribution in [-0.4, -0.2) is 38.2 Å². The fourth-order valence-electron chi connectivity index (χ4n) is 16.6. The zero-order chi connectivity index (χ0) is 74.0. The number of nitrogens with zero attached hydrogens (tertiary/aromatic N) is 8. The number of rotatable bonds is 12. The molecule has 0 saturated heterocycles. The molecule has 0 saturated carbocycles. The number of fused-ring (bicyclic) bond motifs is 12. The Hall–Kier alpha value is -15.1. The molecule has 0 N–H and O–H groups in total. The van der Waals surface area contributed by atoms with Crippen LogP contribution in [0.15, 0.2) is 413 Å². The molecular formula is C104H68N8. The standard InChI is InChI=1S/2C52H34N4/c1-4-15-35(16-5-1)46-34-47(36-17-6-2-7-18-36)54-52(53-46)39-19-14-22-41(31-39)56-48-25-12-10-23-42(48)44-29-27-38(33-51(44)56)37-28-30-50-45(32-37)43-24-11-13-26-49(43)55(50)40-20-8-3-9-21-40;1-4-15-35(16-5-1)46-34-47(36-17-6-2-7-18-36)54-52(53-46)39-19-14-22-41(31-39)56-49-26-13-11-24-43(49)45-33-38(28-30-51(45)56)37-27-29-50-44(32-37)42-23-10-12-25-48(42)55(50)40-20-8-3-9-21-40/h2*1-34H. The number of hydrogen-bond acceptors (Lipinski definition) is 4. The van der Waals surface area contributed by atoms with Gasteiger partial charge in [0.15, 0.2) is 11.6 Å². The van der Waals surface area contributed by atoms with Gasteiger partial charge in [-0.2, -0.15) is 0 Å². The Morgan fingerprint density at radius 1 is 0.134 bits per heavy atom. The first kappa shape index (κ1) is 65.2. The van der Waals surface area contributed by atoms with E-state index in [1.54, 1.807) is 0 Å². The van der Waals surface area contributed by atoms with Gasteiger partial charge in [0, 0.05) is 99.2 Å². The topological polar surface area (TPSA) is 71.3 Å². The summed E-state index contributed by atoms with van der Waals surface area (Å²) < 4.78 is 9.49. The summed E-state index contributed by atoms with van der Waals surface area (Å²) in [4.78, 5) is 20.5. The van der Waals surface area contributed by atoms with Crippen LogP contribution in [0, 0.1) is 0 Å². The zero-order valence-corrected chi connectivity index (χ0v) is 60.8. The molecule has 8 nitrogen and oxygen atoms in total. The summed E-state index contributed by atoms with van der Waals surface area (Å²) >= 11 is 0. The highest BCUT2D eigenvalue weighted by molar-refractivity contribution is 6.15. The van der Waals surface area contributed by atoms with Crippen molar-refractivity contribution >= 4 is 87.2 Å². The van der Waals surface area contributed by atoms with Gasteiger partial charge in [0.05, 0.1) is 66.9 Å². The van der Waals surface area contributed by atoms with Gasteiger partial charge in [-0.3, -0.25) is 0 Å². The van der Waals surface area contributed by atoms with Crippen LogP contribution in [-0.2, 0) is 0 Å². The fourth-order valence-corrected chi connectivity index (χ4v) is 16.6. The minimum atomic E-state index is 0.691. The molecule has 0 fully saturated rings. The molecule has 6 aromatic heterocycles. The van der Waals surface area contributed by atoms with Gasteiger partial charge in [-0.05, 0) is 150 Å². The highest BCUT2D eigenvalue weighted by Crippen LogP contribution is 2.43. The summed E-state index contributed by atoms with van der Waals surface area (Å²) in [5.74, 6) is 1.38. The first-order chi connectivity index (χ1) is 55.5. The molecule has 0 aliphatic heterocycles. The van der Waals surface area contributed by atoms with Gasteiger partial charge in [0.1, 0.15) is 0 Å². The maximum absolute atomic E-state index is 5.15. The second kappa shape index (κ2) is 27.6. The first-order valence-electron chi connectivity index (χ1n) is 38.0. The van der Waals surface area contributed by atoms with Crippen LogP contribution < -0.4 is 0 Å². The van der Waals surface area contributed by atoms with E-state index >= 15 is 0 Å². The van der Waals surface area contributed by atoms with Crippen molar-refractivity contribution in [2.24, 2.45) is 0 Å². The summed E-state index contributed by atoms with van der Waals surface area (Å²) in [6, 6.07) is 146. The van der Waals surface area contributed by atoms with Crippen LogP contribution in [0.1, 0.15) is 0 Å². The van der Waals surface area contributed by atoms with Crippen LogP contribution in [0.25, 0.3) is 200 Å². The average Bonchev–Trinajstić information content (AvgIpc) is 1.59. The molecule has 112 heavy (non-hydrogen) atoms. The molecule has 6 heterocycles. The smallest absolute Gasteiger partial charge is 0.160 e. The minimum Gasteiger partial charge on any atom is -0.309 e. The van der Waals surface area contributed by atoms with Gasteiger partial charge in [-0.1, -0.05) is 285 Å². The summed E-state index contributed by atoms with van der Waals surface area (Å²) in [5, 5.41) is 9.83. The van der Waals surface area contributed by atoms with E-state index in [9.17, 15) is 0 Å². The lowest BCUT2D eigenvalue weighted by molar-refractivity contribution is 1.16. The molecule has 22 rings (SSSR count). The quantitative estimate of drug-likeness (QED) is 0.122. The zero-order valence-electron chi connectivity index (χ0n) is 60.8. The normalized spacial score (nSPS) is 11.6. The van der Waals surface area contributed by atoms with E-state index in [1.807, 2.05) is 24.3 Å². The van der Waals surface area contributed by atoms with E-state index in [4.69, 9.17) is 19.9 Å². The third-order valence-corrected chi connectivity index (χ3v) is 21.8. The molecule has 0 aliphatic rings. The van der Waals surface area contributed by atoms with E-state index in [1.165, 1.54) is 87.4 Å². The lowest BCUT2D eigenvalue weighted by Crippen LogP contribution is -1.98. The Kier molecular flexibility index (Phi) is 16.1. The molecule has 0 radical (unpaired) electrons. The third kappa shape index (κ3) is 11.6. The molecule has 0 aliphatic carbocycles. The lowest BCUT2D eigenvalue weighted by Gasteiger charge is -2.12. The summed E-state index contributed by atoms with van der Waals surface area (Å²) in [6.07, 6.45) is 0. The summed E-state index contributed by atoms with van der Waals surface area (Å²) in [7, 11) is 0. The SMILES string of the molecule is c1ccc(-c2cc(-c3ccccc3)nc(-c3cccc(-n4c5ccccc5c5cc(-c6ccc7c(c6)c6ccccc6n7-c6ccccc6)ccc54)c3)n2)cc1.c1ccc(-c2cc(-c3ccccc3)nc(-c3cccc(-n4c5ccccc5c5ccc(-c6ccc7c(c6)c6ccccc6n7-c6ccccc6)cc54)c3)n2)cc1. The van der Waals surface area contributed by atoms with Crippen molar-refractivity contribution in [1.29, 1.82) is 0 Å². The first-order valence-corrected chi connectivity index (χ1v) is 38.0. The van der Waals surface area contributed by atoms with Crippen molar-refractivity contribution in [2.75, 3.05) is 0 Å². The molecule has 524 valence electrons. The second-order valence-electron chi connectivity index (χ2n) is 28.5. The van der Waals surface area contributed by atoms with Crippen LogP contribution in [0.4, 0.5) is 0 Å². The molecule has 0 unspecified atom stereocenters. The molecule has 16 aromatic carbocycles. The Morgan fingerprint density at radius 3 is 0.723 bits per heavy atom. The van der Waals surface area contributed by atoms with Crippen LogP contribution in [0.3, 0.4) is 0 Å². The average molecular weight is 1430 g/mol. The summed E-state index contributed by atoms with van der Waals surface area (Å²) in [6.45, 7) is 0. The number of benzene rings is 16. The van der Waals surface area contributed by atoms with Crippen molar-refractivity contribution in [2.45, 2.75) is 0 Å². The van der Waals surface area contributed by atoms with E-state index in [-0.39, 0.29) is 0 Å². The number of para-hydroxylation sites is 6. The van der Waals surface area contributed by atoms with Gasteiger partial charge >= 0.3 is 0 Å². The largest absolute Gasteiger partial charge is 0.309 e. The molecule has 0 amide bonds. The Balaban J connectivity index is 0.000000141. The Bertz CT molecular complexity index is 7230. The minimum absolute atomic E-state index is 0.691. The van der Waals surface area contributed by atoms with Gasteiger partial charge in [0.2, 0.25) is 0 Å². The van der Waals surface area contributed by atoms with Crippen LogP contribution >= 0.6 is 0 Å². The van der Waals surface area contributed by atoms with Gasteiger partial charge in [0.25, 0.3) is 0 Å². The Morgan fingerprint density at radius 2 is 0.375 bits per heavy atom. The second-order valence-corrected chi connectivity index (χ2v) is 28.5. The van der Waals surface area contributed by atoms with Crippen molar-refractivity contribution < 1.29 is 0 Å². The predicted molar refractivity (Wildman–Crippen MR) is 465 cm³/mol. The van der Waals surface area contributed by atoms with E-state index in [0.717, 1.165) is 101 Å². The van der Waals surface area contributed by atoms with Crippen molar-refractivity contribution in [1.82, 2.24) is 38.2 Å². The van der Waals surface area contributed by atoms with E-state index in [2.05, 4.69) is 407 Å². The van der Waals surface area contributed by atoms with Gasteiger partial charge < -0.3 is 18.3 Å². The summed E-state index contributed by atoms with van der Waals surface area (Å²) in [5.41, 5.74) is 28.3. The van der Waals surface area contributed by atoms with Gasteiger partial charge in [-0.25, -0.2) is 19.9 Å². The maximum atomic E-state index is 5.15. The van der Waals surface area contributed by atoms with Crippen molar-refractivity contribution in [3.05, 3.63) is 413 Å². The van der Waals surface area contributed by atoms with E-state index in [0.29, 0.717) is 11.6 Å². The molecule has 8 heteroatoms. The molecule has 0 atom stereocenters. The lowest BCUT2D eigenvalue weighted by atomic mass is 10.0. The van der Waals surface area contributed by atoms with Gasteiger partial charge in [-0.15, -0.1) is 0 Å². The van der Waals surface area contributed by atoms with Crippen molar-refractivity contribution in [3.63, 3.8) is 0 Å². The number of hydrogen-bond donors (Lipinski definition) is 0. The third-order valence-electron chi connectivity index (χ3n) is 21.8. The highest BCUT2D eigenvalue weighted by atomic mass is 15.0. The number of aromatic nitrogens is 8. The van der Waals surface area contributed by atoms with Crippen molar-refractivity contribution in [3.8, 4) is 113 Å². The highest BCUT2D eigenvalue weighted by Gasteiger charge is 2.22. The maximum Gasteiger partial charge on any atom is 0.160 e. The predicted octanol–water partition coefficient (Wildman–Crippen LogP) is 26.7. The molecular weight excluding hydrogens is 1360 g/mol. The van der Waals surface area contributed by atoms with E-state index < -0.39 is 0 Å². The Labute approximate surface area is 646 Å². The molecule has 22 aromatic rings. The molecule has 0 bridgehead atoms. The van der Waals surface area contributed by atoms with Crippen LogP contribution in [0.5, 0.6) is 0 Å². The monoisotopic (exact) mass is 1430 g/mol.